The number of fused-ring (bicyclic) bond motifs is 1. The number of hydrogen-bond donors (Lipinski definition) is 1. The third-order valence-electron chi connectivity index (χ3n) is 4.42. The molecule has 128 valence electrons. The van der Waals surface area contributed by atoms with Crippen LogP contribution in [0.2, 0.25) is 10.0 Å². The molecule has 0 saturated heterocycles. The Balaban J connectivity index is 1.95. The molecule has 25 heavy (non-hydrogen) atoms. The number of nitrogens with zero attached hydrogens (tertiary/aromatic N) is 2. The number of halogens is 2. The molecule has 1 unspecified atom stereocenters. The molecule has 1 aliphatic carbocycles. The van der Waals surface area contributed by atoms with Gasteiger partial charge in [0.15, 0.2) is 0 Å². The van der Waals surface area contributed by atoms with Gasteiger partial charge in [-0.05, 0) is 24.3 Å². The first-order chi connectivity index (χ1) is 12.1. The van der Waals surface area contributed by atoms with Crippen LogP contribution >= 0.6 is 23.2 Å². The Kier molecular flexibility index (Phi) is 4.20. The molecule has 2 aromatic carbocycles. The van der Waals surface area contributed by atoms with Crippen LogP contribution in [0.15, 0.2) is 42.5 Å². The largest absolute Gasteiger partial charge is 0.494 e. The lowest BCUT2D eigenvalue weighted by atomic mass is 10.1. The lowest BCUT2D eigenvalue weighted by Gasteiger charge is -2.14. The van der Waals surface area contributed by atoms with E-state index in [1.165, 1.54) is 0 Å². The smallest absolute Gasteiger partial charge is 0.146 e. The van der Waals surface area contributed by atoms with Crippen molar-refractivity contribution in [1.82, 2.24) is 9.78 Å². The second-order valence-electron chi connectivity index (χ2n) is 6.07. The minimum atomic E-state index is -0.384. The fourth-order valence-corrected chi connectivity index (χ4v) is 3.60. The molecule has 1 heterocycles. The molecule has 0 radical (unpaired) electrons. The number of aromatic nitrogens is 2. The van der Waals surface area contributed by atoms with Crippen LogP contribution in [-0.2, 0) is 12.8 Å². The zero-order valence-electron chi connectivity index (χ0n) is 13.5. The van der Waals surface area contributed by atoms with E-state index in [0.717, 1.165) is 28.2 Å². The van der Waals surface area contributed by atoms with E-state index in [0.29, 0.717) is 28.6 Å². The molecule has 0 saturated carbocycles. The van der Waals surface area contributed by atoms with Crippen LogP contribution in [0.1, 0.15) is 11.3 Å². The van der Waals surface area contributed by atoms with Crippen molar-refractivity contribution < 1.29 is 9.84 Å². The standard InChI is InChI=1S/C19H16Cl2N2O2/c1-25-18-8-13(21)6-7-17(18)23-19(11-2-4-12(20)5-3-11)15-9-14(24)10-16(15)22-23/h2-8,14,24H,9-10H2,1H3. The Labute approximate surface area is 155 Å². The quantitative estimate of drug-likeness (QED) is 0.742. The number of ether oxygens (including phenoxy) is 1. The van der Waals surface area contributed by atoms with Gasteiger partial charge in [0.25, 0.3) is 0 Å². The van der Waals surface area contributed by atoms with E-state index >= 15 is 0 Å². The lowest BCUT2D eigenvalue weighted by Crippen LogP contribution is -2.09. The van der Waals surface area contributed by atoms with Crippen molar-refractivity contribution in [2.75, 3.05) is 7.11 Å². The van der Waals surface area contributed by atoms with E-state index in [9.17, 15) is 5.11 Å². The Hall–Kier alpha value is -2.01. The molecule has 4 rings (SSSR count). The van der Waals surface area contributed by atoms with Crippen molar-refractivity contribution in [1.29, 1.82) is 0 Å². The first-order valence-electron chi connectivity index (χ1n) is 7.95. The van der Waals surface area contributed by atoms with Crippen LogP contribution in [0.3, 0.4) is 0 Å². The summed E-state index contributed by atoms with van der Waals surface area (Å²) in [6.07, 6.45) is 0.757. The molecule has 0 aliphatic heterocycles. The van der Waals surface area contributed by atoms with Crippen LogP contribution in [0, 0.1) is 0 Å². The number of rotatable bonds is 3. The number of aliphatic hydroxyl groups excluding tert-OH is 1. The molecule has 1 aromatic heterocycles. The Morgan fingerprint density at radius 3 is 2.52 bits per heavy atom. The third kappa shape index (κ3) is 2.91. The SMILES string of the molecule is COc1cc(Cl)ccc1-n1nc2c(c1-c1ccc(Cl)cc1)CC(O)C2. The fourth-order valence-electron chi connectivity index (χ4n) is 3.31. The summed E-state index contributed by atoms with van der Waals surface area (Å²) in [6.45, 7) is 0. The van der Waals surface area contributed by atoms with Gasteiger partial charge >= 0.3 is 0 Å². The van der Waals surface area contributed by atoms with Crippen molar-refractivity contribution in [2.45, 2.75) is 18.9 Å². The highest BCUT2D eigenvalue weighted by Gasteiger charge is 2.29. The molecule has 0 fully saturated rings. The van der Waals surface area contributed by atoms with Crippen LogP contribution in [0.5, 0.6) is 5.75 Å². The predicted octanol–water partition coefficient (Wildman–Crippen LogP) is 4.31. The topological polar surface area (TPSA) is 47.3 Å². The van der Waals surface area contributed by atoms with Crippen molar-refractivity contribution in [3.63, 3.8) is 0 Å². The van der Waals surface area contributed by atoms with Crippen molar-refractivity contribution in [2.24, 2.45) is 0 Å². The van der Waals surface area contributed by atoms with E-state index in [1.54, 1.807) is 13.2 Å². The molecule has 4 nitrogen and oxygen atoms in total. The number of hydrogen-bond acceptors (Lipinski definition) is 3. The van der Waals surface area contributed by atoms with Gasteiger partial charge in [-0.1, -0.05) is 35.3 Å². The van der Waals surface area contributed by atoms with Gasteiger partial charge in [-0.15, -0.1) is 0 Å². The van der Waals surface area contributed by atoms with Crippen molar-refractivity contribution in [3.05, 3.63) is 63.8 Å². The summed E-state index contributed by atoms with van der Waals surface area (Å²) in [5.41, 5.74) is 4.72. The summed E-state index contributed by atoms with van der Waals surface area (Å²) in [5.74, 6) is 0.643. The highest BCUT2D eigenvalue weighted by atomic mass is 35.5. The van der Waals surface area contributed by atoms with Crippen molar-refractivity contribution in [3.8, 4) is 22.7 Å². The summed E-state index contributed by atoms with van der Waals surface area (Å²) in [7, 11) is 1.61. The Morgan fingerprint density at radius 2 is 1.80 bits per heavy atom. The normalized spacial score (nSPS) is 16.1. The van der Waals surface area contributed by atoms with E-state index in [2.05, 4.69) is 0 Å². The highest BCUT2D eigenvalue weighted by molar-refractivity contribution is 6.31. The van der Waals surface area contributed by atoms with Gasteiger partial charge in [-0.25, -0.2) is 4.68 Å². The summed E-state index contributed by atoms with van der Waals surface area (Å²) in [6, 6.07) is 13.1. The van der Waals surface area contributed by atoms with E-state index in [4.69, 9.17) is 33.0 Å². The molecule has 0 spiro atoms. The molecule has 3 aromatic rings. The zero-order chi connectivity index (χ0) is 17.6. The molecule has 6 heteroatoms. The fraction of sp³-hybridized carbons (Fsp3) is 0.211. The average Bonchev–Trinajstić information content (AvgIpc) is 3.11. The second kappa shape index (κ2) is 6.37. The minimum Gasteiger partial charge on any atom is -0.494 e. The van der Waals surface area contributed by atoms with Gasteiger partial charge in [0, 0.05) is 40.1 Å². The van der Waals surface area contributed by atoms with Gasteiger partial charge in [-0.2, -0.15) is 5.10 Å². The molecule has 0 amide bonds. The Morgan fingerprint density at radius 1 is 1.08 bits per heavy atom. The van der Waals surface area contributed by atoms with Gasteiger partial charge < -0.3 is 9.84 Å². The third-order valence-corrected chi connectivity index (χ3v) is 4.91. The lowest BCUT2D eigenvalue weighted by molar-refractivity contribution is 0.185. The first-order valence-corrected chi connectivity index (χ1v) is 8.71. The maximum Gasteiger partial charge on any atom is 0.146 e. The van der Waals surface area contributed by atoms with Gasteiger partial charge in [0.05, 0.1) is 24.6 Å². The van der Waals surface area contributed by atoms with E-state index < -0.39 is 0 Å². The Bertz CT molecular complexity index is 935. The molecular formula is C19H16Cl2N2O2. The zero-order valence-corrected chi connectivity index (χ0v) is 15.1. The monoisotopic (exact) mass is 374 g/mol. The molecule has 1 atom stereocenters. The summed E-state index contributed by atoms with van der Waals surface area (Å²) in [4.78, 5) is 0. The van der Waals surface area contributed by atoms with E-state index in [-0.39, 0.29) is 6.10 Å². The van der Waals surface area contributed by atoms with E-state index in [1.807, 2.05) is 41.1 Å². The first kappa shape index (κ1) is 16.5. The van der Waals surface area contributed by atoms with Gasteiger partial charge in [0.1, 0.15) is 11.4 Å². The summed E-state index contributed by atoms with van der Waals surface area (Å²) >= 11 is 12.1. The van der Waals surface area contributed by atoms with Crippen LogP contribution in [0.25, 0.3) is 16.9 Å². The van der Waals surface area contributed by atoms with Crippen LogP contribution < -0.4 is 4.74 Å². The van der Waals surface area contributed by atoms with Crippen molar-refractivity contribution >= 4 is 23.2 Å². The highest BCUT2D eigenvalue weighted by Crippen LogP contribution is 2.37. The maximum absolute atomic E-state index is 10.0. The predicted molar refractivity (Wildman–Crippen MR) is 99.0 cm³/mol. The number of benzene rings is 2. The summed E-state index contributed by atoms with van der Waals surface area (Å²) < 4.78 is 7.37. The summed E-state index contributed by atoms with van der Waals surface area (Å²) in [5, 5.41) is 16.1. The van der Waals surface area contributed by atoms with Crippen LogP contribution in [0.4, 0.5) is 0 Å². The van der Waals surface area contributed by atoms with Gasteiger partial charge in [-0.3, -0.25) is 0 Å². The second-order valence-corrected chi connectivity index (χ2v) is 6.94. The molecule has 1 N–H and O–H groups in total. The maximum atomic E-state index is 10.0. The molecule has 0 bridgehead atoms. The number of aliphatic hydroxyl groups is 1. The van der Waals surface area contributed by atoms with Gasteiger partial charge in [0.2, 0.25) is 0 Å². The molecule has 1 aliphatic rings. The minimum absolute atomic E-state index is 0.384. The molecular weight excluding hydrogens is 359 g/mol. The average molecular weight is 375 g/mol. The number of methoxy groups -OCH3 is 1. The van der Waals surface area contributed by atoms with Crippen LogP contribution in [-0.4, -0.2) is 28.1 Å².